The van der Waals surface area contributed by atoms with E-state index in [1.54, 1.807) is 11.3 Å². The number of nitrogens with two attached hydrogens (primary N) is 1. The monoisotopic (exact) mass is 280 g/mol. The van der Waals surface area contributed by atoms with Gasteiger partial charge in [0.2, 0.25) is 5.91 Å². The summed E-state index contributed by atoms with van der Waals surface area (Å²) in [5.41, 5.74) is 6.39. The van der Waals surface area contributed by atoms with Crippen LogP contribution in [0.4, 0.5) is 0 Å². The molecule has 2 heterocycles. The highest BCUT2D eigenvalue weighted by molar-refractivity contribution is 7.14. The van der Waals surface area contributed by atoms with Crippen molar-refractivity contribution in [1.82, 2.24) is 4.90 Å². The number of aryl methyl sites for hydroxylation is 2. The van der Waals surface area contributed by atoms with Crippen LogP contribution >= 0.6 is 11.3 Å². The van der Waals surface area contributed by atoms with Crippen molar-refractivity contribution in [2.75, 3.05) is 13.1 Å². The first kappa shape index (κ1) is 14.1. The molecule has 1 fully saturated rings. The lowest BCUT2D eigenvalue weighted by molar-refractivity contribution is -0.119. The second-order valence-corrected chi connectivity index (χ2v) is 6.51. The Morgan fingerprint density at radius 3 is 2.47 bits per heavy atom. The third-order valence-corrected chi connectivity index (χ3v) is 4.91. The number of piperidine rings is 1. The van der Waals surface area contributed by atoms with Crippen LogP contribution in [0.1, 0.15) is 39.4 Å². The molecule has 1 aromatic rings. The van der Waals surface area contributed by atoms with Crippen molar-refractivity contribution in [2.24, 2.45) is 11.7 Å². The van der Waals surface area contributed by atoms with Gasteiger partial charge in [-0.2, -0.15) is 0 Å². The van der Waals surface area contributed by atoms with Crippen molar-refractivity contribution in [1.29, 1.82) is 0 Å². The summed E-state index contributed by atoms with van der Waals surface area (Å²) in [6.07, 6.45) is 2.19. The van der Waals surface area contributed by atoms with Gasteiger partial charge in [0, 0.05) is 24.4 Å². The highest BCUT2D eigenvalue weighted by atomic mass is 32.1. The fourth-order valence-electron chi connectivity index (χ4n) is 2.46. The number of rotatable bonds is 3. The molecular formula is C14H20N2O2S. The maximum atomic E-state index is 12.3. The molecule has 1 aromatic heterocycles. The van der Waals surface area contributed by atoms with Gasteiger partial charge in [-0.15, -0.1) is 11.3 Å². The molecule has 0 atom stereocenters. The summed E-state index contributed by atoms with van der Waals surface area (Å²) < 4.78 is 0. The van der Waals surface area contributed by atoms with E-state index in [4.69, 9.17) is 5.73 Å². The van der Waals surface area contributed by atoms with E-state index in [0.29, 0.717) is 12.3 Å². The molecule has 0 spiro atoms. The molecule has 5 heteroatoms. The van der Waals surface area contributed by atoms with Gasteiger partial charge in [-0.05, 0) is 44.2 Å². The van der Waals surface area contributed by atoms with Gasteiger partial charge < -0.3 is 10.6 Å². The zero-order chi connectivity index (χ0) is 14.0. The van der Waals surface area contributed by atoms with E-state index in [1.165, 1.54) is 10.4 Å². The molecule has 4 nitrogen and oxygen atoms in total. The number of nitrogens with zero attached hydrogens (tertiary/aromatic N) is 1. The zero-order valence-corrected chi connectivity index (χ0v) is 12.3. The maximum absolute atomic E-state index is 12.3. The summed E-state index contributed by atoms with van der Waals surface area (Å²) in [6.45, 7) is 5.52. The normalized spacial score (nSPS) is 16.6. The Balaban J connectivity index is 1.94. The summed E-state index contributed by atoms with van der Waals surface area (Å²) in [5, 5.41) is 0. The maximum Gasteiger partial charge on any atom is 0.263 e. The topological polar surface area (TPSA) is 63.4 Å². The minimum atomic E-state index is -0.241. The molecule has 2 rings (SSSR count). The lowest BCUT2D eigenvalue weighted by atomic mass is 9.93. The standard InChI is InChI=1S/C14H20N2O2S/c1-9-7-12(19-10(9)2)14(18)16-5-3-11(4-6-16)8-13(15)17/h7,11H,3-6,8H2,1-2H3,(H2,15,17). The van der Waals surface area contributed by atoms with E-state index in [9.17, 15) is 9.59 Å². The number of hydrogen-bond donors (Lipinski definition) is 1. The van der Waals surface area contributed by atoms with Crippen LogP contribution in [0.3, 0.4) is 0 Å². The Hall–Kier alpha value is -1.36. The van der Waals surface area contributed by atoms with Crippen molar-refractivity contribution in [3.8, 4) is 0 Å². The number of thiophene rings is 1. The molecule has 0 bridgehead atoms. The van der Waals surface area contributed by atoms with Crippen LogP contribution in [0.2, 0.25) is 0 Å². The van der Waals surface area contributed by atoms with E-state index in [2.05, 4.69) is 0 Å². The molecule has 0 radical (unpaired) electrons. The quantitative estimate of drug-likeness (QED) is 0.921. The van der Waals surface area contributed by atoms with Gasteiger partial charge in [0.1, 0.15) is 0 Å². The zero-order valence-electron chi connectivity index (χ0n) is 11.4. The van der Waals surface area contributed by atoms with E-state index in [1.807, 2.05) is 24.8 Å². The SMILES string of the molecule is Cc1cc(C(=O)N2CCC(CC(N)=O)CC2)sc1C. The Labute approximate surface area is 117 Å². The van der Waals surface area contributed by atoms with Crippen LogP contribution in [-0.4, -0.2) is 29.8 Å². The molecule has 0 saturated carbocycles. The van der Waals surface area contributed by atoms with Crippen molar-refractivity contribution >= 4 is 23.2 Å². The van der Waals surface area contributed by atoms with Crippen molar-refractivity contribution < 1.29 is 9.59 Å². The molecule has 2 N–H and O–H groups in total. The molecule has 1 saturated heterocycles. The molecular weight excluding hydrogens is 260 g/mol. The Bertz CT molecular complexity index is 468. The van der Waals surface area contributed by atoms with E-state index < -0.39 is 0 Å². The van der Waals surface area contributed by atoms with Crippen LogP contribution in [0.15, 0.2) is 6.07 Å². The summed E-state index contributed by atoms with van der Waals surface area (Å²) in [7, 11) is 0. The van der Waals surface area contributed by atoms with Gasteiger partial charge in [0.25, 0.3) is 5.91 Å². The third kappa shape index (κ3) is 3.35. The highest BCUT2D eigenvalue weighted by Crippen LogP contribution is 2.25. The Kier molecular flexibility index (Phi) is 4.24. The lowest BCUT2D eigenvalue weighted by Crippen LogP contribution is -2.39. The number of primary amides is 1. The largest absolute Gasteiger partial charge is 0.370 e. The summed E-state index contributed by atoms with van der Waals surface area (Å²) in [5.74, 6) is 0.223. The molecule has 2 amide bonds. The molecule has 1 aliphatic rings. The van der Waals surface area contributed by atoms with Crippen LogP contribution in [0.25, 0.3) is 0 Å². The summed E-state index contributed by atoms with van der Waals surface area (Å²) in [4.78, 5) is 27.1. The van der Waals surface area contributed by atoms with Gasteiger partial charge in [0.05, 0.1) is 4.88 Å². The first-order valence-corrected chi connectivity index (χ1v) is 7.43. The smallest absolute Gasteiger partial charge is 0.263 e. The van der Waals surface area contributed by atoms with Crippen molar-refractivity contribution in [3.63, 3.8) is 0 Å². The van der Waals surface area contributed by atoms with E-state index >= 15 is 0 Å². The molecule has 104 valence electrons. The fraction of sp³-hybridized carbons (Fsp3) is 0.571. The Morgan fingerprint density at radius 2 is 2.00 bits per heavy atom. The molecule has 0 aromatic carbocycles. The highest BCUT2D eigenvalue weighted by Gasteiger charge is 2.25. The lowest BCUT2D eigenvalue weighted by Gasteiger charge is -2.31. The number of amides is 2. The summed E-state index contributed by atoms with van der Waals surface area (Å²) in [6, 6.07) is 1.97. The average molecular weight is 280 g/mol. The first-order chi connectivity index (χ1) is 8.97. The van der Waals surface area contributed by atoms with E-state index in [0.717, 1.165) is 30.8 Å². The van der Waals surface area contributed by atoms with Crippen LogP contribution < -0.4 is 5.73 Å². The van der Waals surface area contributed by atoms with Crippen molar-refractivity contribution in [3.05, 3.63) is 21.4 Å². The second kappa shape index (κ2) is 5.74. The number of carbonyl (C=O) groups is 2. The molecule has 0 aliphatic carbocycles. The molecule has 1 aliphatic heterocycles. The van der Waals surface area contributed by atoms with Gasteiger partial charge in [-0.1, -0.05) is 0 Å². The minimum Gasteiger partial charge on any atom is -0.370 e. The van der Waals surface area contributed by atoms with Crippen molar-refractivity contribution in [2.45, 2.75) is 33.1 Å². The third-order valence-electron chi connectivity index (χ3n) is 3.77. The minimum absolute atomic E-state index is 0.124. The number of carbonyl (C=O) groups excluding carboxylic acids is 2. The first-order valence-electron chi connectivity index (χ1n) is 6.62. The Morgan fingerprint density at radius 1 is 1.37 bits per heavy atom. The predicted octanol–water partition coefficient (Wildman–Crippen LogP) is 2.09. The van der Waals surface area contributed by atoms with Gasteiger partial charge in [-0.3, -0.25) is 9.59 Å². The fourth-order valence-corrected chi connectivity index (χ4v) is 3.46. The van der Waals surface area contributed by atoms with Gasteiger partial charge in [0.15, 0.2) is 0 Å². The van der Waals surface area contributed by atoms with E-state index in [-0.39, 0.29) is 11.8 Å². The van der Waals surface area contributed by atoms with Gasteiger partial charge in [-0.25, -0.2) is 0 Å². The number of hydrogen-bond acceptors (Lipinski definition) is 3. The second-order valence-electron chi connectivity index (χ2n) is 5.26. The summed E-state index contributed by atoms with van der Waals surface area (Å²) >= 11 is 1.56. The van der Waals surface area contributed by atoms with Crippen LogP contribution in [0, 0.1) is 19.8 Å². The molecule has 0 unspecified atom stereocenters. The predicted molar refractivity (Wildman–Crippen MR) is 76.2 cm³/mol. The average Bonchev–Trinajstić information content (AvgIpc) is 2.69. The molecule has 19 heavy (non-hydrogen) atoms. The van der Waals surface area contributed by atoms with Gasteiger partial charge >= 0.3 is 0 Å². The van der Waals surface area contributed by atoms with Crippen LogP contribution in [-0.2, 0) is 4.79 Å². The van der Waals surface area contributed by atoms with Crippen LogP contribution in [0.5, 0.6) is 0 Å². The number of likely N-dealkylation sites (tertiary alicyclic amines) is 1.